The first-order chi connectivity index (χ1) is 3.84. The summed E-state index contributed by atoms with van der Waals surface area (Å²) in [6, 6.07) is 0. The van der Waals surface area contributed by atoms with Crippen LogP contribution in [0.3, 0.4) is 0 Å². The van der Waals surface area contributed by atoms with Crippen LogP contribution in [0, 0.1) is 0 Å². The summed E-state index contributed by atoms with van der Waals surface area (Å²) in [5.41, 5.74) is 0. The van der Waals surface area contributed by atoms with E-state index in [0.717, 1.165) is 19.3 Å². The zero-order valence-electron chi connectivity index (χ0n) is 5.06. The fourth-order valence-corrected chi connectivity index (χ4v) is 1.98. The van der Waals surface area contributed by atoms with Crippen LogP contribution in [0.25, 0.3) is 0 Å². The summed E-state index contributed by atoms with van der Waals surface area (Å²) in [6.45, 7) is 0. The van der Waals surface area contributed by atoms with E-state index in [0.29, 0.717) is 5.25 Å². The van der Waals surface area contributed by atoms with Crippen molar-refractivity contribution >= 4 is 11.8 Å². The van der Waals surface area contributed by atoms with Gasteiger partial charge in [-0.05, 0) is 25.5 Å². The molecule has 0 aliphatic heterocycles. The molecule has 2 atom stereocenters. The van der Waals surface area contributed by atoms with Crippen molar-refractivity contribution in [3.63, 3.8) is 0 Å². The van der Waals surface area contributed by atoms with E-state index < -0.39 is 6.17 Å². The molecule has 0 saturated heterocycles. The molecule has 1 fully saturated rings. The smallest absolute Gasteiger partial charge is 0.112 e. The fourth-order valence-electron chi connectivity index (χ4n) is 1.15. The average Bonchev–Trinajstić information content (AvgIpc) is 2.14. The summed E-state index contributed by atoms with van der Waals surface area (Å²) in [4.78, 5) is 0. The Morgan fingerprint density at radius 2 is 2.25 bits per heavy atom. The van der Waals surface area contributed by atoms with Crippen LogP contribution >= 0.6 is 11.8 Å². The molecule has 0 heterocycles. The molecule has 0 N–H and O–H groups in total. The summed E-state index contributed by atoms with van der Waals surface area (Å²) in [5, 5.41) is 0.315. The number of alkyl halides is 1. The SMILES string of the molecule is CSC1CCCC1F. The Hall–Kier alpha value is 0.280. The van der Waals surface area contributed by atoms with Gasteiger partial charge in [-0.3, -0.25) is 0 Å². The van der Waals surface area contributed by atoms with Crippen LogP contribution in [0.5, 0.6) is 0 Å². The summed E-state index contributed by atoms with van der Waals surface area (Å²) >= 11 is 1.67. The second kappa shape index (κ2) is 2.72. The van der Waals surface area contributed by atoms with Crippen molar-refractivity contribution in [3.8, 4) is 0 Å². The lowest BCUT2D eigenvalue weighted by atomic mass is 10.3. The monoisotopic (exact) mass is 134 g/mol. The first-order valence-electron chi connectivity index (χ1n) is 3.01. The minimum Gasteiger partial charge on any atom is -0.246 e. The third-order valence-electron chi connectivity index (χ3n) is 1.67. The van der Waals surface area contributed by atoms with Gasteiger partial charge in [0.2, 0.25) is 0 Å². The van der Waals surface area contributed by atoms with Crippen molar-refractivity contribution in [1.29, 1.82) is 0 Å². The third-order valence-corrected chi connectivity index (χ3v) is 2.81. The van der Waals surface area contributed by atoms with Crippen molar-refractivity contribution in [2.24, 2.45) is 0 Å². The zero-order chi connectivity index (χ0) is 5.98. The number of hydrogen-bond donors (Lipinski definition) is 0. The van der Waals surface area contributed by atoms with Gasteiger partial charge in [0.25, 0.3) is 0 Å². The molecule has 48 valence electrons. The zero-order valence-corrected chi connectivity index (χ0v) is 5.88. The summed E-state index contributed by atoms with van der Waals surface area (Å²) in [5.74, 6) is 0. The summed E-state index contributed by atoms with van der Waals surface area (Å²) in [6.07, 6.45) is 4.45. The lowest BCUT2D eigenvalue weighted by molar-refractivity contribution is 0.349. The molecule has 0 amide bonds. The molecular weight excluding hydrogens is 123 g/mol. The van der Waals surface area contributed by atoms with Gasteiger partial charge in [0.15, 0.2) is 0 Å². The molecule has 2 heteroatoms. The first kappa shape index (κ1) is 6.40. The fraction of sp³-hybridized carbons (Fsp3) is 1.00. The molecule has 0 nitrogen and oxygen atoms in total. The van der Waals surface area contributed by atoms with Crippen molar-refractivity contribution < 1.29 is 4.39 Å². The molecule has 1 aliphatic rings. The third kappa shape index (κ3) is 1.16. The minimum absolute atomic E-state index is 0.315. The first-order valence-corrected chi connectivity index (χ1v) is 4.30. The number of hydrogen-bond acceptors (Lipinski definition) is 1. The Balaban J connectivity index is 2.30. The van der Waals surface area contributed by atoms with Gasteiger partial charge in [0.05, 0.1) is 0 Å². The largest absolute Gasteiger partial charge is 0.246 e. The Morgan fingerprint density at radius 3 is 2.50 bits per heavy atom. The van der Waals surface area contributed by atoms with Crippen molar-refractivity contribution in [3.05, 3.63) is 0 Å². The summed E-state index contributed by atoms with van der Waals surface area (Å²) < 4.78 is 12.6. The van der Waals surface area contributed by atoms with Gasteiger partial charge in [0.1, 0.15) is 6.17 Å². The predicted molar refractivity (Wildman–Crippen MR) is 36.1 cm³/mol. The number of thioether (sulfide) groups is 1. The highest BCUT2D eigenvalue weighted by molar-refractivity contribution is 7.99. The van der Waals surface area contributed by atoms with Gasteiger partial charge in [-0.15, -0.1) is 0 Å². The van der Waals surface area contributed by atoms with Crippen LogP contribution in [0.4, 0.5) is 4.39 Å². The highest BCUT2D eigenvalue weighted by atomic mass is 32.2. The second-order valence-corrected chi connectivity index (χ2v) is 3.30. The number of halogens is 1. The maximum atomic E-state index is 12.6. The van der Waals surface area contributed by atoms with Crippen molar-refractivity contribution in [2.45, 2.75) is 30.7 Å². The van der Waals surface area contributed by atoms with E-state index in [2.05, 4.69) is 0 Å². The predicted octanol–water partition coefficient (Wildman–Crippen LogP) is 2.24. The van der Waals surface area contributed by atoms with E-state index in [-0.39, 0.29) is 0 Å². The molecule has 1 aliphatic carbocycles. The molecule has 0 aromatic carbocycles. The van der Waals surface area contributed by atoms with Crippen molar-refractivity contribution in [1.82, 2.24) is 0 Å². The van der Waals surface area contributed by atoms with E-state index in [1.807, 2.05) is 6.26 Å². The van der Waals surface area contributed by atoms with E-state index >= 15 is 0 Å². The van der Waals surface area contributed by atoms with E-state index in [1.165, 1.54) is 0 Å². The Kier molecular flexibility index (Phi) is 2.17. The number of rotatable bonds is 1. The Bertz CT molecular complexity index is 74.9. The molecule has 0 aromatic rings. The van der Waals surface area contributed by atoms with E-state index in [4.69, 9.17) is 0 Å². The van der Waals surface area contributed by atoms with Crippen LogP contribution in [0.1, 0.15) is 19.3 Å². The average molecular weight is 134 g/mol. The topological polar surface area (TPSA) is 0 Å². The highest BCUT2D eigenvalue weighted by Gasteiger charge is 2.25. The maximum Gasteiger partial charge on any atom is 0.112 e. The van der Waals surface area contributed by atoms with Crippen molar-refractivity contribution in [2.75, 3.05) is 6.26 Å². The Labute approximate surface area is 53.8 Å². The van der Waals surface area contributed by atoms with Crippen LogP contribution in [0.15, 0.2) is 0 Å². The van der Waals surface area contributed by atoms with Gasteiger partial charge < -0.3 is 0 Å². The lowest BCUT2D eigenvalue weighted by Crippen LogP contribution is -2.08. The molecule has 0 spiro atoms. The summed E-state index contributed by atoms with van der Waals surface area (Å²) in [7, 11) is 0. The van der Waals surface area contributed by atoms with Crippen LogP contribution in [-0.2, 0) is 0 Å². The lowest BCUT2D eigenvalue weighted by Gasteiger charge is -2.06. The van der Waals surface area contributed by atoms with Gasteiger partial charge >= 0.3 is 0 Å². The quantitative estimate of drug-likeness (QED) is 0.530. The van der Waals surface area contributed by atoms with Gasteiger partial charge in [-0.2, -0.15) is 11.8 Å². The molecule has 0 radical (unpaired) electrons. The van der Waals surface area contributed by atoms with Crippen LogP contribution < -0.4 is 0 Å². The molecule has 0 aromatic heterocycles. The van der Waals surface area contributed by atoms with E-state index in [9.17, 15) is 4.39 Å². The van der Waals surface area contributed by atoms with E-state index in [1.54, 1.807) is 11.8 Å². The highest BCUT2D eigenvalue weighted by Crippen LogP contribution is 2.30. The van der Waals surface area contributed by atoms with Crippen LogP contribution in [0.2, 0.25) is 0 Å². The van der Waals surface area contributed by atoms with Gasteiger partial charge in [-0.25, -0.2) is 4.39 Å². The van der Waals surface area contributed by atoms with Gasteiger partial charge in [0, 0.05) is 5.25 Å². The molecule has 1 saturated carbocycles. The Morgan fingerprint density at radius 1 is 1.50 bits per heavy atom. The standard InChI is InChI=1S/C6H11FS/c1-8-6-4-2-3-5(6)7/h5-6H,2-4H2,1H3. The maximum absolute atomic E-state index is 12.6. The molecule has 1 rings (SSSR count). The van der Waals surface area contributed by atoms with Gasteiger partial charge in [-0.1, -0.05) is 0 Å². The molecular formula is C6H11FS. The minimum atomic E-state index is -0.509. The second-order valence-electron chi connectivity index (χ2n) is 2.22. The molecule has 8 heavy (non-hydrogen) atoms. The molecule has 2 unspecified atom stereocenters. The van der Waals surface area contributed by atoms with Crippen LogP contribution in [-0.4, -0.2) is 17.7 Å². The molecule has 0 bridgehead atoms. The normalized spacial score (nSPS) is 38.2.